The van der Waals surface area contributed by atoms with E-state index in [1.54, 1.807) is 43.3 Å². The standard InChI is InChI=1S/C18H18N4O3S/c1-2-25-17(24)16(26)14-7-6-12(9-15(14)21-10-23)11-4-3-5-13(8-11)22-18(19)20/h3-10H,2H2,1H3,(H,21,23)(H4,19,20,22). The lowest BCUT2D eigenvalue weighted by Gasteiger charge is -2.12. The maximum absolute atomic E-state index is 11.9. The molecular weight excluding hydrogens is 352 g/mol. The van der Waals surface area contributed by atoms with Crippen molar-refractivity contribution in [2.45, 2.75) is 6.92 Å². The quantitative estimate of drug-likeness (QED) is 0.171. The number of nitrogens with two attached hydrogens (primary N) is 2. The van der Waals surface area contributed by atoms with Gasteiger partial charge in [0.15, 0.2) is 5.96 Å². The number of carbonyl (C=O) groups excluding carboxylic acids is 2. The molecule has 0 aromatic heterocycles. The fourth-order valence-electron chi connectivity index (χ4n) is 2.32. The molecule has 0 fully saturated rings. The van der Waals surface area contributed by atoms with Crippen LogP contribution in [0.4, 0.5) is 11.4 Å². The Morgan fingerprint density at radius 1 is 1.23 bits per heavy atom. The van der Waals surface area contributed by atoms with Gasteiger partial charge in [-0.3, -0.25) is 4.79 Å². The number of carbonyl (C=O) groups is 2. The van der Waals surface area contributed by atoms with Crippen LogP contribution in [-0.4, -0.2) is 29.8 Å². The Balaban J connectivity index is 2.45. The second kappa shape index (κ2) is 8.72. The summed E-state index contributed by atoms with van der Waals surface area (Å²) in [6.45, 7) is 1.91. The van der Waals surface area contributed by atoms with Crippen molar-refractivity contribution in [1.29, 1.82) is 0 Å². The Morgan fingerprint density at radius 3 is 2.62 bits per heavy atom. The zero-order valence-corrected chi connectivity index (χ0v) is 14.9. The lowest BCUT2D eigenvalue weighted by molar-refractivity contribution is -0.134. The number of nitrogens with one attached hydrogen (secondary N) is 1. The van der Waals surface area contributed by atoms with Crippen LogP contribution in [0.15, 0.2) is 47.5 Å². The Kier molecular flexibility index (Phi) is 6.40. The van der Waals surface area contributed by atoms with Crippen LogP contribution in [0.1, 0.15) is 12.5 Å². The molecule has 0 saturated heterocycles. The third-order valence-electron chi connectivity index (χ3n) is 3.38. The first-order chi connectivity index (χ1) is 12.5. The van der Waals surface area contributed by atoms with Gasteiger partial charge in [-0.15, -0.1) is 0 Å². The van der Waals surface area contributed by atoms with E-state index in [4.69, 9.17) is 28.4 Å². The van der Waals surface area contributed by atoms with Crippen molar-refractivity contribution < 1.29 is 14.3 Å². The van der Waals surface area contributed by atoms with Crippen molar-refractivity contribution in [1.82, 2.24) is 0 Å². The minimum Gasteiger partial charge on any atom is -0.462 e. The van der Waals surface area contributed by atoms with Crippen molar-refractivity contribution in [3.05, 3.63) is 48.0 Å². The van der Waals surface area contributed by atoms with E-state index in [0.29, 0.717) is 23.3 Å². The highest BCUT2D eigenvalue weighted by Gasteiger charge is 2.17. The summed E-state index contributed by atoms with van der Waals surface area (Å²) in [5, 5.41) is 2.57. The van der Waals surface area contributed by atoms with E-state index in [1.807, 2.05) is 6.07 Å². The Bertz CT molecular complexity index is 876. The molecule has 7 nitrogen and oxygen atoms in total. The van der Waals surface area contributed by atoms with E-state index < -0.39 is 5.97 Å². The van der Waals surface area contributed by atoms with Gasteiger partial charge in [0.2, 0.25) is 6.41 Å². The van der Waals surface area contributed by atoms with Crippen LogP contribution >= 0.6 is 12.2 Å². The number of amides is 1. The van der Waals surface area contributed by atoms with Crippen molar-refractivity contribution in [2.75, 3.05) is 11.9 Å². The minimum atomic E-state index is -0.612. The molecule has 0 aliphatic heterocycles. The van der Waals surface area contributed by atoms with Gasteiger partial charge in [0.05, 0.1) is 18.0 Å². The minimum absolute atomic E-state index is 0.00277. The molecule has 0 aliphatic carbocycles. The number of rotatable bonds is 7. The molecule has 5 N–H and O–H groups in total. The molecule has 0 aliphatic rings. The van der Waals surface area contributed by atoms with Gasteiger partial charge in [-0.25, -0.2) is 9.79 Å². The van der Waals surface area contributed by atoms with Crippen LogP contribution in [0.3, 0.4) is 0 Å². The van der Waals surface area contributed by atoms with Gasteiger partial charge >= 0.3 is 5.97 Å². The number of nitrogens with zero attached hydrogens (tertiary/aromatic N) is 1. The number of aliphatic imine (C=N–C) groups is 1. The third kappa shape index (κ3) is 4.64. The molecule has 26 heavy (non-hydrogen) atoms. The molecule has 134 valence electrons. The molecule has 0 bridgehead atoms. The second-order valence-electron chi connectivity index (χ2n) is 5.16. The van der Waals surface area contributed by atoms with Crippen molar-refractivity contribution in [3.8, 4) is 11.1 Å². The smallest absolute Gasteiger partial charge is 0.349 e. The summed E-state index contributed by atoms with van der Waals surface area (Å²) in [6, 6.07) is 12.4. The largest absolute Gasteiger partial charge is 0.462 e. The van der Waals surface area contributed by atoms with Gasteiger partial charge in [0.25, 0.3) is 0 Å². The number of anilines is 1. The molecule has 0 spiro atoms. The third-order valence-corrected chi connectivity index (χ3v) is 3.76. The topological polar surface area (TPSA) is 120 Å². The van der Waals surface area contributed by atoms with E-state index in [9.17, 15) is 9.59 Å². The lowest BCUT2D eigenvalue weighted by Crippen LogP contribution is -2.21. The molecule has 2 rings (SSSR count). The van der Waals surface area contributed by atoms with Gasteiger partial charge in [-0.1, -0.05) is 36.5 Å². The first kappa shape index (κ1) is 19.1. The number of hydrogen-bond acceptors (Lipinski definition) is 5. The number of ether oxygens (including phenoxy) is 1. The average Bonchev–Trinajstić information content (AvgIpc) is 2.61. The second-order valence-corrected chi connectivity index (χ2v) is 5.57. The van der Waals surface area contributed by atoms with Gasteiger partial charge < -0.3 is 21.5 Å². The van der Waals surface area contributed by atoms with Crippen LogP contribution in [0.5, 0.6) is 0 Å². The molecule has 0 heterocycles. The number of hydrogen-bond donors (Lipinski definition) is 3. The molecule has 0 atom stereocenters. The monoisotopic (exact) mass is 370 g/mol. The van der Waals surface area contributed by atoms with Crippen LogP contribution in [0, 0.1) is 0 Å². The molecule has 0 saturated carbocycles. The Hall–Kier alpha value is -3.26. The van der Waals surface area contributed by atoms with Crippen LogP contribution in [0.25, 0.3) is 11.1 Å². The number of thiocarbonyl (C=S) groups is 1. The summed E-state index contributed by atoms with van der Waals surface area (Å²) in [4.78, 5) is 26.8. The molecule has 0 radical (unpaired) electrons. The zero-order valence-electron chi connectivity index (χ0n) is 14.1. The SMILES string of the molecule is CCOC(=O)C(=S)c1ccc(-c2cccc(N=C(N)N)c2)cc1NC=O. The van der Waals surface area contributed by atoms with E-state index in [2.05, 4.69) is 10.3 Å². The summed E-state index contributed by atoms with van der Waals surface area (Å²) in [6.07, 6.45) is 0.520. The first-order valence-electron chi connectivity index (χ1n) is 7.72. The molecule has 0 unspecified atom stereocenters. The fourth-order valence-corrected chi connectivity index (χ4v) is 2.55. The van der Waals surface area contributed by atoms with Crippen molar-refractivity contribution in [3.63, 3.8) is 0 Å². The van der Waals surface area contributed by atoms with Gasteiger partial charge in [-0.05, 0) is 36.2 Å². The summed E-state index contributed by atoms with van der Waals surface area (Å²) in [5.41, 5.74) is 13.8. The molecule has 2 aromatic carbocycles. The van der Waals surface area contributed by atoms with E-state index in [-0.39, 0.29) is 17.4 Å². The number of guanidine groups is 1. The maximum atomic E-state index is 11.9. The van der Waals surface area contributed by atoms with E-state index in [1.165, 1.54) is 0 Å². The summed E-state index contributed by atoms with van der Waals surface area (Å²) in [7, 11) is 0. The van der Waals surface area contributed by atoms with Gasteiger partial charge in [0.1, 0.15) is 4.86 Å². The van der Waals surface area contributed by atoms with Crippen LogP contribution in [0.2, 0.25) is 0 Å². The van der Waals surface area contributed by atoms with Crippen LogP contribution in [-0.2, 0) is 14.3 Å². The summed E-state index contributed by atoms with van der Waals surface area (Å²) in [5.74, 6) is -0.653. The van der Waals surface area contributed by atoms with Crippen molar-refractivity contribution >= 4 is 46.8 Å². The highest BCUT2D eigenvalue weighted by Crippen LogP contribution is 2.29. The molecular formula is C18H18N4O3S. The van der Waals surface area contributed by atoms with Crippen LogP contribution < -0.4 is 16.8 Å². The lowest BCUT2D eigenvalue weighted by atomic mass is 10.0. The fraction of sp³-hybridized carbons (Fsp3) is 0.111. The van der Waals surface area contributed by atoms with Crippen molar-refractivity contribution in [2.24, 2.45) is 16.5 Å². The van der Waals surface area contributed by atoms with Gasteiger partial charge in [0, 0.05) is 5.56 Å². The van der Waals surface area contributed by atoms with E-state index in [0.717, 1.165) is 11.1 Å². The highest BCUT2D eigenvalue weighted by atomic mass is 32.1. The van der Waals surface area contributed by atoms with Gasteiger partial charge in [-0.2, -0.15) is 0 Å². The van der Waals surface area contributed by atoms with E-state index >= 15 is 0 Å². The maximum Gasteiger partial charge on any atom is 0.349 e. The molecule has 1 amide bonds. The first-order valence-corrected chi connectivity index (χ1v) is 8.12. The Morgan fingerprint density at radius 2 is 1.96 bits per heavy atom. The molecule has 8 heteroatoms. The number of benzene rings is 2. The average molecular weight is 370 g/mol. The predicted octanol–water partition coefficient (Wildman–Crippen LogP) is 2.11. The zero-order chi connectivity index (χ0) is 19.1. The number of esters is 1. The highest BCUT2D eigenvalue weighted by molar-refractivity contribution is 7.82. The molecule has 2 aromatic rings. The predicted molar refractivity (Wildman–Crippen MR) is 105 cm³/mol. The Labute approximate surface area is 156 Å². The summed E-state index contributed by atoms with van der Waals surface area (Å²) < 4.78 is 4.92. The summed E-state index contributed by atoms with van der Waals surface area (Å²) >= 11 is 5.16. The normalized spacial score (nSPS) is 9.88.